The van der Waals surface area contributed by atoms with E-state index in [0.29, 0.717) is 31.0 Å². The average Bonchev–Trinajstić information content (AvgIpc) is 3.01. The molecule has 0 saturated carbocycles. The molecule has 0 aromatic carbocycles. The summed E-state index contributed by atoms with van der Waals surface area (Å²) in [7, 11) is 0. The van der Waals surface area contributed by atoms with Gasteiger partial charge in [-0.15, -0.1) is 0 Å². The molecule has 2 aliphatic rings. The Kier molecular flexibility index (Phi) is 5.79. The fourth-order valence-corrected chi connectivity index (χ4v) is 3.38. The van der Waals surface area contributed by atoms with E-state index in [2.05, 4.69) is 12.2 Å². The van der Waals surface area contributed by atoms with Crippen LogP contribution < -0.4 is 0 Å². The van der Waals surface area contributed by atoms with Crippen LogP contribution in [-0.2, 0) is 19.1 Å². The molecular weight excluding hydrogens is 272 g/mol. The number of unbranched alkanes of at least 4 members (excludes halogenated alkanes) is 1. The summed E-state index contributed by atoms with van der Waals surface area (Å²) in [5, 5.41) is 8.57. The number of rotatable bonds is 8. The first-order valence-electron chi connectivity index (χ1n) is 7.73. The lowest BCUT2D eigenvalue weighted by Gasteiger charge is -2.26. The summed E-state index contributed by atoms with van der Waals surface area (Å²) in [5.41, 5.74) is 0. The molecule has 2 bridgehead atoms. The lowest BCUT2D eigenvalue weighted by Crippen LogP contribution is -2.31. The molecule has 2 fully saturated rings. The van der Waals surface area contributed by atoms with Crippen LogP contribution in [0.2, 0.25) is 0 Å². The molecule has 21 heavy (non-hydrogen) atoms. The third-order valence-electron chi connectivity index (χ3n) is 4.41. The van der Waals surface area contributed by atoms with Crippen molar-refractivity contribution in [2.45, 2.75) is 57.7 Å². The van der Waals surface area contributed by atoms with Gasteiger partial charge in [-0.25, -0.2) is 0 Å². The number of carboxylic acid groups (broad SMARTS) is 1. The van der Waals surface area contributed by atoms with E-state index in [1.807, 2.05) is 0 Å². The maximum absolute atomic E-state index is 11.0. The van der Waals surface area contributed by atoms with Gasteiger partial charge in [0.05, 0.1) is 18.8 Å². The minimum Gasteiger partial charge on any atom is -0.481 e. The number of hydrogen-bond donors (Lipinski definition) is 1. The van der Waals surface area contributed by atoms with Crippen molar-refractivity contribution in [1.29, 1.82) is 0 Å². The van der Waals surface area contributed by atoms with Crippen molar-refractivity contribution in [2.24, 2.45) is 11.8 Å². The second-order valence-electron chi connectivity index (χ2n) is 5.91. The van der Waals surface area contributed by atoms with Gasteiger partial charge in [-0.2, -0.15) is 0 Å². The molecule has 0 spiro atoms. The fraction of sp³-hybridized carbons (Fsp3) is 0.750. The summed E-state index contributed by atoms with van der Waals surface area (Å²) < 4.78 is 11.1. The SMILES string of the molecule is CC(=O)OC[C@@H]1[C@H](C/C=C\CCCC(=O)O)[C@@H]2CC[C@H]1O2. The van der Waals surface area contributed by atoms with Gasteiger partial charge in [0.25, 0.3) is 0 Å². The molecule has 2 saturated heterocycles. The highest BCUT2D eigenvalue weighted by Gasteiger charge is 2.48. The van der Waals surface area contributed by atoms with E-state index < -0.39 is 5.97 Å². The molecule has 118 valence electrons. The van der Waals surface area contributed by atoms with E-state index in [0.717, 1.165) is 25.7 Å². The van der Waals surface area contributed by atoms with Crippen LogP contribution in [0.4, 0.5) is 0 Å². The Morgan fingerprint density at radius 2 is 1.95 bits per heavy atom. The zero-order valence-corrected chi connectivity index (χ0v) is 12.5. The number of allylic oxidation sites excluding steroid dienone is 2. The minimum absolute atomic E-state index is 0.219. The Hall–Kier alpha value is -1.36. The Morgan fingerprint density at radius 1 is 1.24 bits per heavy atom. The van der Waals surface area contributed by atoms with E-state index in [1.165, 1.54) is 6.92 Å². The molecule has 0 unspecified atom stereocenters. The quantitative estimate of drug-likeness (QED) is 0.423. The van der Waals surface area contributed by atoms with Crippen LogP contribution in [0.15, 0.2) is 12.2 Å². The van der Waals surface area contributed by atoms with Gasteiger partial charge in [-0.1, -0.05) is 12.2 Å². The van der Waals surface area contributed by atoms with Gasteiger partial charge in [0.15, 0.2) is 0 Å². The van der Waals surface area contributed by atoms with E-state index in [1.54, 1.807) is 0 Å². The van der Waals surface area contributed by atoms with Crippen molar-refractivity contribution in [1.82, 2.24) is 0 Å². The van der Waals surface area contributed by atoms with Crippen molar-refractivity contribution in [3.05, 3.63) is 12.2 Å². The summed E-state index contributed by atoms with van der Waals surface area (Å²) in [4.78, 5) is 21.4. The van der Waals surface area contributed by atoms with E-state index in [9.17, 15) is 9.59 Å². The van der Waals surface area contributed by atoms with Gasteiger partial charge >= 0.3 is 11.9 Å². The third-order valence-corrected chi connectivity index (χ3v) is 4.41. The number of esters is 1. The molecule has 5 heteroatoms. The molecule has 2 heterocycles. The normalized spacial score (nSPS) is 30.9. The molecule has 4 atom stereocenters. The highest BCUT2D eigenvalue weighted by molar-refractivity contribution is 5.66. The van der Waals surface area contributed by atoms with Crippen LogP contribution in [0.1, 0.15) is 45.4 Å². The Labute approximate surface area is 125 Å². The summed E-state index contributed by atoms with van der Waals surface area (Å²) in [5.74, 6) is -0.262. The second kappa shape index (κ2) is 7.59. The molecule has 0 aliphatic carbocycles. The first-order chi connectivity index (χ1) is 10.1. The van der Waals surface area contributed by atoms with Crippen LogP contribution in [0, 0.1) is 11.8 Å². The first-order valence-corrected chi connectivity index (χ1v) is 7.73. The summed E-state index contributed by atoms with van der Waals surface area (Å²) in [6, 6.07) is 0. The van der Waals surface area contributed by atoms with Gasteiger partial charge < -0.3 is 14.6 Å². The second-order valence-corrected chi connectivity index (χ2v) is 5.91. The topological polar surface area (TPSA) is 72.8 Å². The predicted molar refractivity (Wildman–Crippen MR) is 76.8 cm³/mol. The number of hydrogen-bond acceptors (Lipinski definition) is 4. The maximum atomic E-state index is 11.0. The zero-order chi connectivity index (χ0) is 15.2. The first kappa shape index (κ1) is 16.0. The molecule has 5 nitrogen and oxygen atoms in total. The predicted octanol–water partition coefficient (Wildman–Crippen LogP) is 2.54. The number of carbonyl (C=O) groups is 2. The standard InChI is InChI=1S/C16H24O5/c1-11(17)20-10-13-12(14-8-9-15(13)21-14)6-4-2-3-5-7-16(18)19/h2,4,12-15H,3,5-10H2,1H3,(H,18,19)/b4-2-/t12-,13+,14-,15+/m0/s1. The van der Waals surface area contributed by atoms with E-state index >= 15 is 0 Å². The lowest BCUT2D eigenvalue weighted by molar-refractivity contribution is -0.143. The number of ether oxygens (including phenoxy) is 2. The smallest absolute Gasteiger partial charge is 0.303 e. The van der Waals surface area contributed by atoms with Crippen LogP contribution in [0.3, 0.4) is 0 Å². The highest BCUT2D eigenvalue weighted by atomic mass is 16.5. The largest absolute Gasteiger partial charge is 0.481 e. The van der Waals surface area contributed by atoms with Crippen LogP contribution in [0.5, 0.6) is 0 Å². The van der Waals surface area contributed by atoms with Gasteiger partial charge in [0.1, 0.15) is 0 Å². The van der Waals surface area contributed by atoms with Gasteiger partial charge in [0, 0.05) is 19.3 Å². The molecule has 1 N–H and O–H groups in total. The number of carbonyl (C=O) groups excluding carboxylic acids is 1. The minimum atomic E-state index is -0.744. The van der Waals surface area contributed by atoms with Crippen molar-refractivity contribution in [2.75, 3.05) is 6.61 Å². The molecular formula is C16H24O5. The summed E-state index contributed by atoms with van der Waals surface area (Å²) in [6.45, 7) is 1.89. The average molecular weight is 296 g/mol. The highest BCUT2D eigenvalue weighted by Crippen LogP contribution is 2.45. The number of carboxylic acids is 1. The summed E-state index contributed by atoms with van der Waals surface area (Å²) in [6.07, 6.45) is 9.47. The molecule has 2 aliphatic heterocycles. The summed E-state index contributed by atoms with van der Waals surface area (Å²) >= 11 is 0. The van der Waals surface area contributed by atoms with Gasteiger partial charge in [0.2, 0.25) is 0 Å². The molecule has 0 aromatic rings. The monoisotopic (exact) mass is 296 g/mol. The lowest BCUT2D eigenvalue weighted by atomic mass is 9.78. The van der Waals surface area contributed by atoms with Crippen LogP contribution >= 0.6 is 0 Å². The molecule has 0 radical (unpaired) electrons. The Morgan fingerprint density at radius 3 is 2.62 bits per heavy atom. The van der Waals surface area contributed by atoms with E-state index in [-0.39, 0.29) is 18.5 Å². The number of fused-ring (bicyclic) bond motifs is 2. The molecule has 0 aromatic heterocycles. The molecule has 2 rings (SSSR count). The van der Waals surface area contributed by atoms with Gasteiger partial charge in [-0.05, 0) is 38.0 Å². The number of aliphatic carboxylic acids is 1. The zero-order valence-electron chi connectivity index (χ0n) is 12.5. The van der Waals surface area contributed by atoms with Crippen LogP contribution in [0.25, 0.3) is 0 Å². The Bertz CT molecular complexity index is 403. The van der Waals surface area contributed by atoms with Crippen LogP contribution in [-0.4, -0.2) is 35.9 Å². The van der Waals surface area contributed by atoms with Crippen molar-refractivity contribution < 1.29 is 24.2 Å². The van der Waals surface area contributed by atoms with E-state index in [4.69, 9.17) is 14.6 Å². The maximum Gasteiger partial charge on any atom is 0.303 e. The Balaban J connectivity index is 1.76. The fourth-order valence-electron chi connectivity index (χ4n) is 3.38. The van der Waals surface area contributed by atoms with Crippen molar-refractivity contribution >= 4 is 11.9 Å². The van der Waals surface area contributed by atoms with Gasteiger partial charge in [-0.3, -0.25) is 9.59 Å². The molecule has 0 amide bonds. The van der Waals surface area contributed by atoms with Crippen molar-refractivity contribution in [3.63, 3.8) is 0 Å². The third kappa shape index (κ3) is 4.56. The van der Waals surface area contributed by atoms with Crippen molar-refractivity contribution in [3.8, 4) is 0 Å².